The molecule has 5 heteroatoms. The van der Waals surface area contributed by atoms with Gasteiger partial charge in [0.05, 0.1) is 6.04 Å². The lowest BCUT2D eigenvalue weighted by molar-refractivity contribution is -0.124. The maximum atomic E-state index is 13.0. The zero-order chi connectivity index (χ0) is 20.8. The number of nitrogens with one attached hydrogen (secondary N) is 2. The molecule has 158 valence electrons. The molecule has 0 spiro atoms. The molecule has 1 unspecified atom stereocenters. The lowest BCUT2D eigenvalue weighted by atomic mass is 9.94. The standard InChI is InChI=1S/C23H39N3O2/c1-15(2)12-26(13-16(3)4)14-22(17(5)6)25-23(28)21-10-18-7-8-20(27)9-19(18)11-24-21/h7-9,15-17,21-22,24,27H,10-14H2,1-6H3,(H,25,28)/t21-,22?/m1/s1. The summed E-state index contributed by atoms with van der Waals surface area (Å²) >= 11 is 0. The summed E-state index contributed by atoms with van der Waals surface area (Å²) in [4.78, 5) is 15.5. The number of aromatic hydroxyl groups is 1. The number of phenols is 1. The highest BCUT2D eigenvalue weighted by molar-refractivity contribution is 5.82. The predicted octanol–water partition coefficient (Wildman–Crippen LogP) is 3.16. The van der Waals surface area contributed by atoms with Gasteiger partial charge in [0.1, 0.15) is 5.75 Å². The van der Waals surface area contributed by atoms with Crippen LogP contribution in [0.3, 0.4) is 0 Å². The Kier molecular flexibility index (Phi) is 8.32. The van der Waals surface area contributed by atoms with E-state index >= 15 is 0 Å². The van der Waals surface area contributed by atoms with Gasteiger partial charge in [0, 0.05) is 32.2 Å². The molecule has 3 N–H and O–H groups in total. The molecule has 0 saturated carbocycles. The van der Waals surface area contributed by atoms with E-state index in [4.69, 9.17) is 0 Å². The highest BCUT2D eigenvalue weighted by Crippen LogP contribution is 2.22. The van der Waals surface area contributed by atoms with Gasteiger partial charge >= 0.3 is 0 Å². The number of carbonyl (C=O) groups is 1. The summed E-state index contributed by atoms with van der Waals surface area (Å²) in [5, 5.41) is 16.3. The van der Waals surface area contributed by atoms with E-state index in [0.29, 0.717) is 30.7 Å². The van der Waals surface area contributed by atoms with Gasteiger partial charge in [0.15, 0.2) is 0 Å². The number of hydrogen-bond donors (Lipinski definition) is 3. The normalized spacial score (nSPS) is 18.0. The second-order valence-electron chi connectivity index (χ2n) is 9.46. The Bertz CT molecular complexity index is 633. The fourth-order valence-corrected chi connectivity index (χ4v) is 3.93. The van der Waals surface area contributed by atoms with Crippen LogP contribution in [0, 0.1) is 17.8 Å². The summed E-state index contributed by atoms with van der Waals surface area (Å²) in [5.41, 5.74) is 2.21. The quantitative estimate of drug-likeness (QED) is 0.607. The monoisotopic (exact) mass is 389 g/mol. The number of benzene rings is 1. The maximum absolute atomic E-state index is 13.0. The third kappa shape index (κ3) is 6.78. The van der Waals surface area contributed by atoms with Gasteiger partial charge in [0.2, 0.25) is 5.91 Å². The molecule has 1 aliphatic heterocycles. The van der Waals surface area contributed by atoms with Crippen LogP contribution in [0.2, 0.25) is 0 Å². The molecule has 0 aromatic heterocycles. The van der Waals surface area contributed by atoms with Crippen LogP contribution >= 0.6 is 0 Å². The second kappa shape index (κ2) is 10.3. The average molecular weight is 390 g/mol. The Labute approximate surface area is 170 Å². The maximum Gasteiger partial charge on any atom is 0.237 e. The number of phenolic OH excluding ortho intramolecular Hbond substituents is 1. The molecule has 1 aromatic rings. The summed E-state index contributed by atoms with van der Waals surface area (Å²) in [6, 6.07) is 5.32. The predicted molar refractivity (Wildman–Crippen MR) is 115 cm³/mol. The zero-order valence-corrected chi connectivity index (χ0v) is 18.5. The molecular weight excluding hydrogens is 350 g/mol. The first-order valence-electron chi connectivity index (χ1n) is 10.7. The van der Waals surface area contributed by atoms with Gasteiger partial charge in [-0.25, -0.2) is 0 Å². The number of rotatable bonds is 9. The van der Waals surface area contributed by atoms with E-state index in [0.717, 1.165) is 30.8 Å². The highest BCUT2D eigenvalue weighted by atomic mass is 16.3. The van der Waals surface area contributed by atoms with Gasteiger partial charge in [0.25, 0.3) is 0 Å². The molecule has 1 heterocycles. The Balaban J connectivity index is 2.00. The number of carbonyl (C=O) groups excluding carboxylic acids is 1. The van der Waals surface area contributed by atoms with Crippen LogP contribution in [0.4, 0.5) is 0 Å². The molecule has 0 saturated heterocycles. The summed E-state index contributed by atoms with van der Waals surface area (Å²) in [6.07, 6.45) is 0.661. The Hall–Kier alpha value is -1.59. The van der Waals surface area contributed by atoms with Gasteiger partial charge in [-0.15, -0.1) is 0 Å². The van der Waals surface area contributed by atoms with Crippen molar-refractivity contribution in [3.63, 3.8) is 0 Å². The van der Waals surface area contributed by atoms with E-state index in [1.54, 1.807) is 12.1 Å². The average Bonchev–Trinajstić information content (AvgIpc) is 2.59. The number of amides is 1. The number of hydrogen-bond acceptors (Lipinski definition) is 4. The van der Waals surface area contributed by atoms with Crippen molar-refractivity contribution >= 4 is 5.91 Å². The van der Waals surface area contributed by atoms with Crippen LogP contribution in [0.5, 0.6) is 5.75 Å². The van der Waals surface area contributed by atoms with Crippen molar-refractivity contribution in [2.45, 2.75) is 66.6 Å². The molecule has 1 amide bonds. The molecule has 0 aliphatic carbocycles. The van der Waals surface area contributed by atoms with Crippen LogP contribution in [0.25, 0.3) is 0 Å². The van der Waals surface area contributed by atoms with Crippen LogP contribution in [-0.2, 0) is 17.8 Å². The van der Waals surface area contributed by atoms with E-state index in [-0.39, 0.29) is 23.7 Å². The number of nitrogens with zero attached hydrogens (tertiary/aromatic N) is 1. The van der Waals surface area contributed by atoms with Gasteiger partial charge in [-0.3, -0.25) is 4.79 Å². The van der Waals surface area contributed by atoms with E-state index in [1.165, 1.54) is 0 Å². The third-order valence-electron chi connectivity index (χ3n) is 5.30. The first-order valence-corrected chi connectivity index (χ1v) is 10.7. The lowest BCUT2D eigenvalue weighted by Gasteiger charge is -2.34. The van der Waals surface area contributed by atoms with Crippen molar-refractivity contribution in [2.24, 2.45) is 17.8 Å². The second-order valence-corrected chi connectivity index (χ2v) is 9.46. The fourth-order valence-electron chi connectivity index (χ4n) is 3.93. The first-order chi connectivity index (χ1) is 13.2. The smallest absolute Gasteiger partial charge is 0.237 e. The zero-order valence-electron chi connectivity index (χ0n) is 18.5. The molecule has 28 heavy (non-hydrogen) atoms. The van der Waals surface area contributed by atoms with Crippen LogP contribution in [-0.4, -0.2) is 47.6 Å². The van der Waals surface area contributed by atoms with Gasteiger partial charge in [-0.2, -0.15) is 0 Å². The fraction of sp³-hybridized carbons (Fsp3) is 0.696. The summed E-state index contributed by atoms with van der Waals surface area (Å²) in [5.74, 6) is 1.94. The third-order valence-corrected chi connectivity index (χ3v) is 5.30. The number of fused-ring (bicyclic) bond motifs is 1. The van der Waals surface area contributed by atoms with Crippen molar-refractivity contribution in [2.75, 3.05) is 19.6 Å². The molecule has 1 aromatic carbocycles. The minimum absolute atomic E-state index is 0.0754. The minimum Gasteiger partial charge on any atom is -0.508 e. The molecule has 0 fully saturated rings. The van der Waals surface area contributed by atoms with E-state index in [2.05, 4.69) is 57.1 Å². The van der Waals surface area contributed by atoms with Gasteiger partial charge in [-0.05, 0) is 47.4 Å². The van der Waals surface area contributed by atoms with E-state index < -0.39 is 0 Å². The van der Waals surface area contributed by atoms with Crippen LogP contribution in [0.1, 0.15) is 52.7 Å². The summed E-state index contributed by atoms with van der Waals surface area (Å²) in [6.45, 7) is 17.0. The summed E-state index contributed by atoms with van der Waals surface area (Å²) < 4.78 is 0. The molecule has 0 bridgehead atoms. The molecule has 0 radical (unpaired) electrons. The van der Waals surface area contributed by atoms with Crippen molar-refractivity contribution in [1.29, 1.82) is 0 Å². The van der Waals surface area contributed by atoms with E-state index in [9.17, 15) is 9.90 Å². The molecule has 2 atom stereocenters. The molecule has 2 rings (SSSR count). The highest BCUT2D eigenvalue weighted by Gasteiger charge is 2.28. The van der Waals surface area contributed by atoms with Crippen molar-refractivity contribution in [3.8, 4) is 5.75 Å². The Morgan fingerprint density at radius 3 is 2.32 bits per heavy atom. The summed E-state index contributed by atoms with van der Waals surface area (Å²) in [7, 11) is 0. The van der Waals surface area contributed by atoms with Gasteiger partial charge < -0.3 is 20.6 Å². The lowest BCUT2D eigenvalue weighted by Crippen LogP contribution is -2.54. The topological polar surface area (TPSA) is 64.6 Å². The van der Waals surface area contributed by atoms with Crippen molar-refractivity contribution in [3.05, 3.63) is 29.3 Å². The van der Waals surface area contributed by atoms with Crippen LogP contribution < -0.4 is 10.6 Å². The largest absolute Gasteiger partial charge is 0.508 e. The Morgan fingerprint density at radius 1 is 1.11 bits per heavy atom. The van der Waals surface area contributed by atoms with Crippen LogP contribution in [0.15, 0.2) is 18.2 Å². The first kappa shape index (κ1) is 22.7. The Morgan fingerprint density at radius 2 is 1.75 bits per heavy atom. The molecule has 1 aliphatic rings. The molecular formula is C23H39N3O2. The van der Waals surface area contributed by atoms with Gasteiger partial charge in [-0.1, -0.05) is 47.6 Å². The van der Waals surface area contributed by atoms with E-state index in [1.807, 2.05) is 6.07 Å². The minimum atomic E-state index is -0.220. The van der Waals surface area contributed by atoms with Crippen molar-refractivity contribution < 1.29 is 9.90 Å². The molecule has 5 nitrogen and oxygen atoms in total. The van der Waals surface area contributed by atoms with Crippen molar-refractivity contribution in [1.82, 2.24) is 15.5 Å². The SMILES string of the molecule is CC(C)CN(CC(C)C)CC(NC(=O)[C@H]1Cc2ccc(O)cc2CN1)C(C)C.